The number of aliphatic carboxylic acids is 2. The lowest BCUT2D eigenvalue weighted by molar-refractivity contribution is -0.142. The van der Waals surface area contributed by atoms with E-state index in [9.17, 15) is 14.4 Å². The number of benzene rings is 1. The SMILES string of the molecule is N[C@@H](CC(=O)O)C(=O)N[C@H](CSCc1ccccc1)C(=O)O. The van der Waals surface area contributed by atoms with Gasteiger partial charge in [-0.05, 0) is 5.56 Å². The Balaban J connectivity index is 2.46. The summed E-state index contributed by atoms with van der Waals surface area (Å²) >= 11 is 1.36. The number of rotatable bonds is 9. The van der Waals surface area contributed by atoms with Crippen LogP contribution in [0.25, 0.3) is 0 Å². The van der Waals surface area contributed by atoms with Crippen LogP contribution in [0.2, 0.25) is 0 Å². The third-order valence-corrected chi connectivity index (χ3v) is 3.85. The van der Waals surface area contributed by atoms with E-state index in [4.69, 9.17) is 15.9 Å². The Morgan fingerprint density at radius 3 is 2.36 bits per heavy atom. The number of thioether (sulfide) groups is 1. The number of amides is 1. The second kappa shape index (κ2) is 9.06. The van der Waals surface area contributed by atoms with Crippen LogP contribution in [0, 0.1) is 0 Å². The molecule has 1 aromatic carbocycles. The highest BCUT2D eigenvalue weighted by Crippen LogP contribution is 2.13. The molecule has 1 rings (SSSR count). The number of carbonyl (C=O) groups excluding carboxylic acids is 1. The molecule has 5 N–H and O–H groups in total. The van der Waals surface area contributed by atoms with Gasteiger partial charge in [-0.1, -0.05) is 30.3 Å². The molecule has 0 saturated carbocycles. The molecule has 8 heteroatoms. The van der Waals surface area contributed by atoms with E-state index in [-0.39, 0.29) is 5.75 Å². The minimum atomic E-state index is -1.27. The van der Waals surface area contributed by atoms with Crippen molar-refractivity contribution in [3.63, 3.8) is 0 Å². The second-order valence-corrected chi connectivity index (χ2v) is 5.63. The predicted molar refractivity (Wildman–Crippen MR) is 82.4 cm³/mol. The summed E-state index contributed by atoms with van der Waals surface area (Å²) in [7, 11) is 0. The smallest absolute Gasteiger partial charge is 0.327 e. The van der Waals surface area contributed by atoms with E-state index in [1.807, 2.05) is 30.3 Å². The van der Waals surface area contributed by atoms with Crippen molar-refractivity contribution in [3.05, 3.63) is 35.9 Å². The average Bonchev–Trinajstić information content (AvgIpc) is 2.46. The maximum absolute atomic E-state index is 11.7. The summed E-state index contributed by atoms with van der Waals surface area (Å²) in [5.41, 5.74) is 6.44. The molecule has 0 bridgehead atoms. The van der Waals surface area contributed by atoms with E-state index in [1.54, 1.807) is 0 Å². The van der Waals surface area contributed by atoms with Crippen molar-refractivity contribution in [2.45, 2.75) is 24.3 Å². The lowest BCUT2D eigenvalue weighted by Crippen LogP contribution is -2.50. The summed E-state index contributed by atoms with van der Waals surface area (Å²) < 4.78 is 0. The molecule has 22 heavy (non-hydrogen) atoms. The Bertz CT molecular complexity index is 523. The Morgan fingerprint density at radius 1 is 1.18 bits per heavy atom. The highest BCUT2D eigenvalue weighted by atomic mass is 32.2. The zero-order chi connectivity index (χ0) is 16.5. The second-order valence-electron chi connectivity index (χ2n) is 4.60. The van der Waals surface area contributed by atoms with Gasteiger partial charge in [-0.25, -0.2) is 4.79 Å². The molecular formula is C14H18N2O5S. The van der Waals surface area contributed by atoms with Crippen molar-refractivity contribution < 1.29 is 24.6 Å². The van der Waals surface area contributed by atoms with E-state index in [2.05, 4.69) is 5.32 Å². The van der Waals surface area contributed by atoms with Crippen LogP contribution >= 0.6 is 11.8 Å². The molecule has 1 aromatic rings. The van der Waals surface area contributed by atoms with E-state index < -0.39 is 36.4 Å². The first-order valence-electron chi connectivity index (χ1n) is 6.52. The fourth-order valence-corrected chi connectivity index (χ4v) is 2.61. The molecule has 0 heterocycles. The molecule has 0 spiro atoms. The largest absolute Gasteiger partial charge is 0.481 e. The number of nitrogens with one attached hydrogen (secondary N) is 1. The highest BCUT2D eigenvalue weighted by molar-refractivity contribution is 7.98. The standard InChI is InChI=1S/C14H18N2O5S/c15-10(6-12(17)18)13(19)16-11(14(20)21)8-22-7-9-4-2-1-3-5-9/h1-5,10-11H,6-8,15H2,(H,16,19)(H,17,18)(H,20,21)/t10-,11+/m0/s1. The monoisotopic (exact) mass is 326 g/mol. The Kier molecular flexibility index (Phi) is 7.41. The van der Waals surface area contributed by atoms with Crippen LogP contribution in [0.4, 0.5) is 0 Å². The van der Waals surface area contributed by atoms with E-state index in [1.165, 1.54) is 11.8 Å². The van der Waals surface area contributed by atoms with Crippen LogP contribution in [-0.4, -0.2) is 45.9 Å². The fourth-order valence-electron chi connectivity index (χ4n) is 1.60. The topological polar surface area (TPSA) is 130 Å². The summed E-state index contributed by atoms with van der Waals surface area (Å²) in [6.07, 6.45) is -0.546. The molecule has 0 aliphatic heterocycles. The molecule has 120 valence electrons. The van der Waals surface area contributed by atoms with Gasteiger partial charge in [-0.3, -0.25) is 9.59 Å². The van der Waals surface area contributed by atoms with Crippen molar-refractivity contribution in [3.8, 4) is 0 Å². The molecule has 7 nitrogen and oxygen atoms in total. The van der Waals surface area contributed by atoms with Crippen LogP contribution in [0.5, 0.6) is 0 Å². The van der Waals surface area contributed by atoms with E-state index >= 15 is 0 Å². The van der Waals surface area contributed by atoms with Crippen molar-refractivity contribution in [2.75, 3.05) is 5.75 Å². The Hall–Kier alpha value is -2.06. The maximum atomic E-state index is 11.7. The highest BCUT2D eigenvalue weighted by Gasteiger charge is 2.24. The number of carbonyl (C=O) groups is 3. The Labute approximate surface area is 131 Å². The zero-order valence-electron chi connectivity index (χ0n) is 11.8. The lowest BCUT2D eigenvalue weighted by Gasteiger charge is -2.16. The number of hydrogen-bond donors (Lipinski definition) is 4. The molecule has 0 radical (unpaired) electrons. The normalized spacial score (nSPS) is 13.1. The Morgan fingerprint density at radius 2 is 1.82 bits per heavy atom. The molecule has 0 saturated heterocycles. The summed E-state index contributed by atoms with van der Waals surface area (Å²) in [5.74, 6) is -2.41. The molecule has 0 aliphatic rings. The van der Waals surface area contributed by atoms with Gasteiger partial charge in [0, 0.05) is 11.5 Å². The number of carboxylic acids is 2. The van der Waals surface area contributed by atoms with Crippen molar-refractivity contribution in [1.29, 1.82) is 0 Å². The third kappa shape index (κ3) is 6.59. The van der Waals surface area contributed by atoms with Gasteiger partial charge in [0.2, 0.25) is 5.91 Å². The summed E-state index contributed by atoms with van der Waals surface area (Å²) in [6.45, 7) is 0. The molecule has 0 aromatic heterocycles. The van der Waals surface area contributed by atoms with Crippen molar-refractivity contribution in [1.82, 2.24) is 5.32 Å². The van der Waals surface area contributed by atoms with E-state index in [0.29, 0.717) is 5.75 Å². The van der Waals surface area contributed by atoms with Crippen LogP contribution < -0.4 is 11.1 Å². The average molecular weight is 326 g/mol. The minimum absolute atomic E-state index is 0.162. The van der Waals surface area contributed by atoms with Gasteiger partial charge in [0.05, 0.1) is 12.5 Å². The van der Waals surface area contributed by atoms with Gasteiger partial charge < -0.3 is 21.3 Å². The number of carboxylic acid groups (broad SMARTS) is 2. The van der Waals surface area contributed by atoms with Crippen molar-refractivity contribution in [2.24, 2.45) is 5.73 Å². The quantitative estimate of drug-likeness (QED) is 0.513. The third-order valence-electron chi connectivity index (χ3n) is 2.74. The van der Waals surface area contributed by atoms with Gasteiger partial charge >= 0.3 is 11.9 Å². The molecule has 1 amide bonds. The summed E-state index contributed by atoms with van der Waals surface area (Å²) in [4.78, 5) is 33.3. The number of hydrogen-bond acceptors (Lipinski definition) is 5. The fraction of sp³-hybridized carbons (Fsp3) is 0.357. The first-order valence-corrected chi connectivity index (χ1v) is 7.68. The molecule has 2 atom stereocenters. The summed E-state index contributed by atoms with van der Waals surface area (Å²) in [5, 5.41) is 19.9. The number of nitrogens with two attached hydrogens (primary N) is 1. The molecule has 0 fully saturated rings. The first kappa shape index (κ1) is 18.0. The van der Waals surface area contributed by atoms with Crippen LogP contribution in [-0.2, 0) is 20.1 Å². The van der Waals surface area contributed by atoms with Crippen LogP contribution in [0.1, 0.15) is 12.0 Å². The van der Waals surface area contributed by atoms with E-state index in [0.717, 1.165) is 5.56 Å². The van der Waals surface area contributed by atoms with Gasteiger partial charge in [0.25, 0.3) is 0 Å². The van der Waals surface area contributed by atoms with Gasteiger partial charge in [0.15, 0.2) is 0 Å². The minimum Gasteiger partial charge on any atom is -0.481 e. The van der Waals surface area contributed by atoms with Gasteiger partial charge in [0.1, 0.15) is 6.04 Å². The van der Waals surface area contributed by atoms with Crippen LogP contribution in [0.3, 0.4) is 0 Å². The first-order chi connectivity index (χ1) is 10.4. The molecule has 0 aliphatic carbocycles. The summed E-state index contributed by atoms with van der Waals surface area (Å²) in [6, 6.07) is 7.13. The lowest BCUT2D eigenvalue weighted by atomic mass is 10.2. The predicted octanol–water partition coefficient (Wildman–Crippen LogP) is 0.291. The van der Waals surface area contributed by atoms with Gasteiger partial charge in [-0.15, -0.1) is 0 Å². The van der Waals surface area contributed by atoms with Crippen LogP contribution in [0.15, 0.2) is 30.3 Å². The molecular weight excluding hydrogens is 308 g/mol. The van der Waals surface area contributed by atoms with Crippen molar-refractivity contribution >= 4 is 29.6 Å². The van der Waals surface area contributed by atoms with Gasteiger partial charge in [-0.2, -0.15) is 11.8 Å². The molecule has 0 unspecified atom stereocenters. The zero-order valence-corrected chi connectivity index (χ0v) is 12.6. The maximum Gasteiger partial charge on any atom is 0.327 e.